The van der Waals surface area contributed by atoms with Crippen LogP contribution >= 0.6 is 11.6 Å². The fourth-order valence-electron chi connectivity index (χ4n) is 3.33. The summed E-state index contributed by atoms with van der Waals surface area (Å²) in [5, 5.41) is 12.4. The predicted molar refractivity (Wildman–Crippen MR) is 79.4 cm³/mol. The number of benzene rings is 1. The summed E-state index contributed by atoms with van der Waals surface area (Å²) in [5.74, 6) is 0.747. The van der Waals surface area contributed by atoms with Crippen molar-refractivity contribution in [3.05, 3.63) is 28.8 Å². The largest absolute Gasteiger partial charge is 0.316 e. The summed E-state index contributed by atoms with van der Waals surface area (Å²) in [5.41, 5.74) is 0.283. The average Bonchev–Trinajstić information content (AvgIpc) is 3.02. The molecule has 21 heavy (non-hydrogen) atoms. The fraction of sp³-hybridized carbons (Fsp3) is 0.500. The third kappa shape index (κ3) is 2.34. The van der Waals surface area contributed by atoms with E-state index < -0.39 is 10.0 Å². The zero-order valence-corrected chi connectivity index (χ0v) is 13.2. The van der Waals surface area contributed by atoms with Crippen LogP contribution in [0.2, 0.25) is 5.02 Å². The molecule has 3 unspecified atom stereocenters. The lowest BCUT2D eigenvalue weighted by atomic mass is 9.95. The van der Waals surface area contributed by atoms with Gasteiger partial charge in [-0.1, -0.05) is 11.6 Å². The Bertz CT molecular complexity index is 713. The van der Waals surface area contributed by atoms with E-state index in [0.717, 1.165) is 13.1 Å². The SMILES string of the molecule is CC1C2CNCC2CN1S(=O)(=O)c1ccc(C#N)c(Cl)c1. The van der Waals surface area contributed by atoms with Crippen molar-refractivity contribution < 1.29 is 8.42 Å². The maximum atomic E-state index is 12.8. The molecule has 7 heteroatoms. The topological polar surface area (TPSA) is 73.2 Å². The van der Waals surface area contributed by atoms with E-state index in [4.69, 9.17) is 16.9 Å². The van der Waals surface area contributed by atoms with Crippen LogP contribution in [0.25, 0.3) is 0 Å². The molecule has 112 valence electrons. The molecule has 0 spiro atoms. The minimum absolute atomic E-state index is 0.0237. The van der Waals surface area contributed by atoms with Gasteiger partial charge in [-0.05, 0) is 50.0 Å². The summed E-state index contributed by atoms with van der Waals surface area (Å²) in [6.07, 6.45) is 0. The second kappa shape index (κ2) is 5.25. The molecule has 2 aliphatic heterocycles. The van der Waals surface area contributed by atoms with Crippen LogP contribution in [0, 0.1) is 23.2 Å². The highest BCUT2D eigenvalue weighted by atomic mass is 35.5. The van der Waals surface area contributed by atoms with Gasteiger partial charge in [-0.15, -0.1) is 0 Å². The lowest BCUT2D eigenvalue weighted by Crippen LogP contribution is -2.38. The van der Waals surface area contributed by atoms with E-state index in [0.29, 0.717) is 18.4 Å². The highest BCUT2D eigenvalue weighted by molar-refractivity contribution is 7.89. The zero-order chi connectivity index (χ0) is 15.2. The van der Waals surface area contributed by atoms with Crippen molar-refractivity contribution in [2.75, 3.05) is 19.6 Å². The first-order valence-corrected chi connectivity index (χ1v) is 8.69. The van der Waals surface area contributed by atoms with Crippen molar-refractivity contribution >= 4 is 21.6 Å². The Balaban J connectivity index is 1.94. The van der Waals surface area contributed by atoms with Gasteiger partial charge in [0.1, 0.15) is 6.07 Å². The minimum atomic E-state index is -3.57. The third-order valence-electron chi connectivity index (χ3n) is 4.55. The third-order valence-corrected chi connectivity index (χ3v) is 6.81. The number of nitrogens with zero attached hydrogens (tertiary/aromatic N) is 2. The quantitative estimate of drug-likeness (QED) is 0.893. The molecule has 2 fully saturated rings. The first-order chi connectivity index (χ1) is 9.95. The summed E-state index contributed by atoms with van der Waals surface area (Å²) in [7, 11) is -3.57. The molecule has 1 aromatic rings. The highest BCUT2D eigenvalue weighted by Gasteiger charge is 2.46. The molecule has 0 amide bonds. The Labute approximate surface area is 129 Å². The second-order valence-corrected chi connectivity index (χ2v) is 7.95. The Morgan fingerprint density at radius 3 is 2.81 bits per heavy atom. The lowest BCUT2D eigenvalue weighted by molar-refractivity contribution is 0.360. The van der Waals surface area contributed by atoms with Gasteiger partial charge >= 0.3 is 0 Å². The highest BCUT2D eigenvalue weighted by Crippen LogP contribution is 2.36. The molecule has 2 heterocycles. The van der Waals surface area contributed by atoms with Gasteiger partial charge in [-0.25, -0.2) is 8.42 Å². The molecule has 0 aliphatic carbocycles. The Morgan fingerprint density at radius 2 is 2.19 bits per heavy atom. The number of nitrogens with one attached hydrogen (secondary N) is 1. The normalized spacial score (nSPS) is 29.3. The summed E-state index contributed by atoms with van der Waals surface area (Å²) in [6, 6.07) is 6.20. The smallest absolute Gasteiger partial charge is 0.243 e. The predicted octanol–water partition coefficient (Wildman–Crippen LogP) is 1.44. The molecule has 5 nitrogen and oxygen atoms in total. The van der Waals surface area contributed by atoms with Gasteiger partial charge < -0.3 is 5.32 Å². The summed E-state index contributed by atoms with van der Waals surface area (Å²) in [4.78, 5) is 0.159. The molecule has 2 aliphatic rings. The van der Waals surface area contributed by atoms with Crippen LogP contribution in [0.5, 0.6) is 0 Å². The molecule has 1 N–H and O–H groups in total. The Hall–Kier alpha value is -1.13. The van der Waals surface area contributed by atoms with Crippen LogP contribution in [0.3, 0.4) is 0 Å². The lowest BCUT2D eigenvalue weighted by Gasteiger charge is -2.24. The Kier molecular flexibility index (Phi) is 3.70. The van der Waals surface area contributed by atoms with Crippen LogP contribution < -0.4 is 5.32 Å². The average molecular weight is 326 g/mol. The van der Waals surface area contributed by atoms with Crippen LogP contribution in [0.4, 0.5) is 0 Å². The maximum absolute atomic E-state index is 12.8. The molecule has 3 atom stereocenters. The van der Waals surface area contributed by atoms with Gasteiger partial charge in [0.05, 0.1) is 15.5 Å². The number of rotatable bonds is 2. The maximum Gasteiger partial charge on any atom is 0.243 e. The number of halogens is 1. The summed E-state index contributed by atoms with van der Waals surface area (Å²) < 4.78 is 27.2. The molecule has 0 saturated carbocycles. The van der Waals surface area contributed by atoms with E-state index in [1.807, 2.05) is 13.0 Å². The van der Waals surface area contributed by atoms with Gasteiger partial charge in [-0.3, -0.25) is 0 Å². The van der Waals surface area contributed by atoms with E-state index in [1.54, 1.807) is 4.31 Å². The van der Waals surface area contributed by atoms with Gasteiger partial charge in [0.2, 0.25) is 10.0 Å². The van der Waals surface area contributed by atoms with E-state index in [2.05, 4.69) is 5.32 Å². The number of hydrogen-bond acceptors (Lipinski definition) is 4. The van der Waals surface area contributed by atoms with Crippen molar-refractivity contribution in [1.82, 2.24) is 9.62 Å². The first-order valence-electron chi connectivity index (χ1n) is 6.87. The van der Waals surface area contributed by atoms with Crippen molar-refractivity contribution in [1.29, 1.82) is 5.26 Å². The van der Waals surface area contributed by atoms with Gasteiger partial charge in [0.25, 0.3) is 0 Å². The molecular weight excluding hydrogens is 310 g/mol. The molecule has 0 bridgehead atoms. The number of hydrogen-bond donors (Lipinski definition) is 1. The first kappa shape index (κ1) is 14.8. The van der Waals surface area contributed by atoms with Gasteiger partial charge in [-0.2, -0.15) is 9.57 Å². The van der Waals surface area contributed by atoms with E-state index in [9.17, 15) is 8.42 Å². The molecule has 0 aromatic heterocycles. The monoisotopic (exact) mass is 325 g/mol. The van der Waals surface area contributed by atoms with Crippen molar-refractivity contribution in [2.24, 2.45) is 11.8 Å². The van der Waals surface area contributed by atoms with E-state index in [1.165, 1.54) is 18.2 Å². The molecule has 2 saturated heterocycles. The second-order valence-electron chi connectivity index (χ2n) is 5.65. The molecule has 0 radical (unpaired) electrons. The van der Waals surface area contributed by atoms with E-state index in [-0.39, 0.29) is 21.5 Å². The molecule has 3 rings (SSSR count). The van der Waals surface area contributed by atoms with Crippen LogP contribution in [-0.2, 0) is 10.0 Å². The Morgan fingerprint density at radius 1 is 1.43 bits per heavy atom. The number of nitriles is 1. The van der Waals surface area contributed by atoms with Crippen molar-refractivity contribution in [2.45, 2.75) is 17.9 Å². The van der Waals surface area contributed by atoms with Crippen LogP contribution in [0.1, 0.15) is 12.5 Å². The number of fused-ring (bicyclic) bond motifs is 1. The number of sulfonamides is 1. The van der Waals surface area contributed by atoms with Crippen molar-refractivity contribution in [3.63, 3.8) is 0 Å². The summed E-state index contributed by atoms with van der Waals surface area (Å²) >= 11 is 5.96. The summed E-state index contributed by atoms with van der Waals surface area (Å²) in [6.45, 7) is 4.24. The zero-order valence-electron chi connectivity index (χ0n) is 11.6. The van der Waals surface area contributed by atoms with E-state index >= 15 is 0 Å². The van der Waals surface area contributed by atoms with Crippen molar-refractivity contribution in [3.8, 4) is 6.07 Å². The minimum Gasteiger partial charge on any atom is -0.316 e. The van der Waals surface area contributed by atoms with Gasteiger partial charge in [0.15, 0.2) is 0 Å². The standard InChI is InChI=1S/C14H16ClN3O2S/c1-9-13-7-17-6-11(13)8-18(9)21(19,20)12-3-2-10(5-16)14(15)4-12/h2-4,9,11,13,17H,6-8H2,1H3. The van der Waals surface area contributed by atoms with Crippen LogP contribution in [-0.4, -0.2) is 38.4 Å². The fourth-order valence-corrected chi connectivity index (χ4v) is 5.38. The van der Waals surface area contributed by atoms with Gasteiger partial charge in [0, 0.05) is 12.6 Å². The molecular formula is C14H16ClN3O2S. The van der Waals surface area contributed by atoms with Crippen LogP contribution in [0.15, 0.2) is 23.1 Å². The molecule has 1 aromatic carbocycles.